The van der Waals surface area contributed by atoms with Crippen LogP contribution in [0.1, 0.15) is 0 Å². The molecule has 4 heteroatoms. The van der Waals surface area contributed by atoms with Crippen molar-refractivity contribution in [2.75, 3.05) is 12.3 Å². The van der Waals surface area contributed by atoms with Crippen LogP contribution in [0.4, 0.5) is 0 Å². The minimum Gasteiger partial charge on any atom is -0.310 e. The van der Waals surface area contributed by atoms with Crippen molar-refractivity contribution in [2.45, 2.75) is 6.04 Å². The van der Waals surface area contributed by atoms with Gasteiger partial charge in [-0.1, -0.05) is 0 Å². The summed E-state index contributed by atoms with van der Waals surface area (Å²) in [6, 6.07) is 0.325. The molecule has 0 amide bonds. The van der Waals surface area contributed by atoms with E-state index in [1.165, 1.54) is 0 Å². The van der Waals surface area contributed by atoms with Crippen molar-refractivity contribution in [1.29, 1.82) is 0 Å². The summed E-state index contributed by atoms with van der Waals surface area (Å²) in [5.41, 5.74) is 0. The fourth-order valence-electron chi connectivity index (χ4n) is 0.373. The lowest BCUT2D eigenvalue weighted by atomic mass is 10.6. The fourth-order valence-corrected chi connectivity index (χ4v) is 0.953. The lowest BCUT2D eigenvalue weighted by Crippen LogP contribution is -2.04. The number of hydrogen-bond donors (Lipinski definition) is 2. The van der Waals surface area contributed by atoms with Gasteiger partial charge in [-0.2, -0.15) is 0 Å². The molecule has 0 aliphatic carbocycles. The van der Waals surface area contributed by atoms with E-state index in [1.54, 1.807) is 0 Å². The lowest BCUT2D eigenvalue weighted by molar-refractivity contribution is 0.563. The van der Waals surface area contributed by atoms with Crippen molar-refractivity contribution in [3.8, 4) is 0 Å². The Bertz CT molecular complexity index is 90.9. The molecule has 0 spiro atoms. The van der Waals surface area contributed by atoms with Gasteiger partial charge in [-0.3, -0.25) is 0 Å². The molecule has 0 aromatic rings. The van der Waals surface area contributed by atoms with Gasteiger partial charge >= 0.3 is 0 Å². The van der Waals surface area contributed by atoms with Crippen molar-refractivity contribution in [2.24, 2.45) is 0 Å². The van der Waals surface area contributed by atoms with Crippen LogP contribution in [0.5, 0.6) is 0 Å². The van der Waals surface area contributed by atoms with Gasteiger partial charge in [-0.05, 0) is 0 Å². The predicted octanol–water partition coefficient (Wildman–Crippen LogP) is -0.820. The van der Waals surface area contributed by atoms with E-state index in [0.29, 0.717) is 11.8 Å². The highest BCUT2D eigenvalue weighted by Crippen LogP contribution is 1.96. The zero-order valence-corrected chi connectivity index (χ0v) is 4.57. The van der Waals surface area contributed by atoms with E-state index < -0.39 is 11.1 Å². The van der Waals surface area contributed by atoms with Crippen LogP contribution in [0, 0.1) is 0 Å². The fraction of sp³-hybridized carbons (Fsp3) is 1.00. The normalized spacial score (nSPS) is 32.4. The molecule has 0 aromatic carbocycles. The van der Waals surface area contributed by atoms with Crippen LogP contribution in [0.2, 0.25) is 0 Å². The first-order valence-corrected chi connectivity index (χ1v) is 3.37. The molecule has 1 heterocycles. The molecular formula is C3H7NO2S. The summed E-state index contributed by atoms with van der Waals surface area (Å²) in [6.07, 6.45) is 0. The Morgan fingerprint density at radius 1 is 2.00 bits per heavy atom. The Morgan fingerprint density at radius 2 is 2.57 bits per heavy atom. The van der Waals surface area contributed by atoms with Crippen molar-refractivity contribution in [3.05, 3.63) is 0 Å². The topological polar surface area (TPSA) is 59.2 Å². The first-order valence-electron chi connectivity index (χ1n) is 2.10. The molecule has 3 nitrogen and oxygen atoms in total. The van der Waals surface area contributed by atoms with Gasteiger partial charge in [-0.25, -0.2) is 4.21 Å². The first-order chi connectivity index (χ1) is 3.29. The third-order valence-electron chi connectivity index (χ3n) is 0.837. The third-order valence-corrected chi connectivity index (χ3v) is 1.52. The average Bonchev–Trinajstić information content (AvgIpc) is 2.17. The van der Waals surface area contributed by atoms with Crippen LogP contribution in [-0.4, -0.2) is 27.1 Å². The highest BCUT2D eigenvalue weighted by Gasteiger charge is 2.21. The van der Waals surface area contributed by atoms with Gasteiger partial charge in [0.1, 0.15) is 0 Å². The smallest absolute Gasteiger partial charge is 0.154 e. The van der Waals surface area contributed by atoms with Crippen molar-refractivity contribution in [1.82, 2.24) is 5.32 Å². The van der Waals surface area contributed by atoms with E-state index in [9.17, 15) is 4.21 Å². The minimum atomic E-state index is -1.60. The van der Waals surface area contributed by atoms with Crippen molar-refractivity contribution >= 4 is 11.1 Å². The number of hydrogen-bond acceptors (Lipinski definition) is 2. The van der Waals surface area contributed by atoms with Crippen LogP contribution in [0.3, 0.4) is 0 Å². The quantitative estimate of drug-likeness (QED) is 0.370. The molecule has 0 bridgehead atoms. The molecule has 0 saturated carbocycles. The van der Waals surface area contributed by atoms with Crippen LogP contribution < -0.4 is 5.32 Å². The Morgan fingerprint density at radius 3 is 2.71 bits per heavy atom. The highest BCUT2D eigenvalue weighted by atomic mass is 32.2. The van der Waals surface area contributed by atoms with Gasteiger partial charge in [0.2, 0.25) is 0 Å². The maximum Gasteiger partial charge on any atom is 0.154 e. The summed E-state index contributed by atoms with van der Waals surface area (Å²) < 4.78 is 18.1. The van der Waals surface area contributed by atoms with Crippen LogP contribution >= 0.6 is 0 Å². The van der Waals surface area contributed by atoms with Gasteiger partial charge in [-0.15, -0.1) is 0 Å². The minimum absolute atomic E-state index is 0.325. The monoisotopic (exact) mass is 121 g/mol. The van der Waals surface area contributed by atoms with Gasteiger partial charge in [0.05, 0.1) is 5.75 Å². The zero-order valence-electron chi connectivity index (χ0n) is 3.76. The van der Waals surface area contributed by atoms with Crippen molar-refractivity contribution in [3.63, 3.8) is 0 Å². The summed E-state index contributed by atoms with van der Waals surface area (Å²) in [6.45, 7) is 0.909. The maximum absolute atomic E-state index is 9.92. The van der Waals surface area contributed by atoms with E-state index in [-0.39, 0.29) is 0 Å². The van der Waals surface area contributed by atoms with Crippen molar-refractivity contribution < 1.29 is 8.76 Å². The van der Waals surface area contributed by atoms with E-state index in [4.69, 9.17) is 4.55 Å². The molecule has 1 rings (SSSR count). The molecule has 1 aliphatic heterocycles. The molecule has 0 radical (unpaired) electrons. The van der Waals surface area contributed by atoms with E-state index in [1.807, 2.05) is 0 Å². The molecule has 1 aliphatic rings. The zero-order chi connectivity index (χ0) is 5.28. The highest BCUT2D eigenvalue weighted by molar-refractivity contribution is 7.79. The average molecular weight is 121 g/mol. The van der Waals surface area contributed by atoms with E-state index in [2.05, 4.69) is 5.32 Å². The second-order valence-electron chi connectivity index (χ2n) is 1.59. The Hall–Kier alpha value is 0.0700. The molecule has 7 heavy (non-hydrogen) atoms. The van der Waals surface area contributed by atoms with E-state index >= 15 is 0 Å². The van der Waals surface area contributed by atoms with Gasteiger partial charge in [0.15, 0.2) is 11.1 Å². The molecule has 2 N–H and O–H groups in total. The summed E-state index contributed by atoms with van der Waals surface area (Å²) in [7, 11) is 0. The van der Waals surface area contributed by atoms with Gasteiger partial charge in [0, 0.05) is 12.6 Å². The second kappa shape index (κ2) is 1.90. The summed E-state index contributed by atoms with van der Waals surface area (Å²) in [4.78, 5) is 0. The molecule has 1 fully saturated rings. The van der Waals surface area contributed by atoms with Gasteiger partial charge in [0.25, 0.3) is 0 Å². The Kier molecular flexibility index (Phi) is 1.41. The van der Waals surface area contributed by atoms with Gasteiger partial charge < -0.3 is 9.87 Å². The molecule has 0 aromatic heterocycles. The van der Waals surface area contributed by atoms with E-state index in [0.717, 1.165) is 6.54 Å². The second-order valence-corrected chi connectivity index (χ2v) is 2.57. The number of nitrogens with one attached hydrogen (secondary N) is 1. The van der Waals surface area contributed by atoms with Crippen LogP contribution in [-0.2, 0) is 11.1 Å². The Labute approximate surface area is 44.4 Å². The Balaban J connectivity index is 2.08. The summed E-state index contributed by atoms with van der Waals surface area (Å²) in [5.74, 6) is 0.389. The number of rotatable bonds is 2. The molecule has 2 unspecified atom stereocenters. The predicted molar refractivity (Wildman–Crippen MR) is 27.4 cm³/mol. The molecular weight excluding hydrogens is 114 g/mol. The molecule has 1 saturated heterocycles. The SMILES string of the molecule is O=S(O)CC1CN1. The standard InChI is InChI=1S/C3H7NO2S/c5-7(6)2-3-1-4-3/h3-4H,1-2H2,(H,5,6). The third kappa shape index (κ3) is 2.01. The maximum atomic E-state index is 9.92. The summed E-state index contributed by atoms with van der Waals surface area (Å²) >= 11 is -1.60. The lowest BCUT2D eigenvalue weighted by Gasteiger charge is -1.83. The molecule has 42 valence electrons. The summed E-state index contributed by atoms with van der Waals surface area (Å²) in [5, 5.41) is 2.91. The van der Waals surface area contributed by atoms with Crippen LogP contribution in [0.15, 0.2) is 0 Å². The largest absolute Gasteiger partial charge is 0.310 e. The van der Waals surface area contributed by atoms with Crippen LogP contribution in [0.25, 0.3) is 0 Å². The first kappa shape index (κ1) is 5.21. The molecule has 2 atom stereocenters.